The Balaban J connectivity index is 1.44. The van der Waals surface area contributed by atoms with Crippen LogP contribution in [0.4, 0.5) is 0 Å². The lowest BCUT2D eigenvalue weighted by molar-refractivity contribution is 0.649. The molecule has 0 aliphatic heterocycles. The van der Waals surface area contributed by atoms with Gasteiger partial charge >= 0.3 is 0 Å². The van der Waals surface area contributed by atoms with Crippen LogP contribution >= 0.6 is 11.3 Å². The summed E-state index contributed by atoms with van der Waals surface area (Å²) in [5.41, 5.74) is 4.19. The van der Waals surface area contributed by atoms with Gasteiger partial charge < -0.3 is 4.42 Å². The third-order valence-corrected chi connectivity index (χ3v) is 8.96. The molecule has 0 bridgehead atoms. The molecule has 0 aliphatic rings. The average Bonchev–Trinajstić information content (AvgIpc) is 3.60. The minimum absolute atomic E-state index is 0.914. The van der Waals surface area contributed by atoms with E-state index in [9.17, 15) is 0 Å². The Kier molecular flexibility index (Phi) is 3.70. The smallest absolute Gasteiger partial charge is 0.214 e. The molecular formula is C34H19NOS. The van der Waals surface area contributed by atoms with Crippen molar-refractivity contribution in [2.24, 2.45) is 0 Å². The number of aromatic nitrogens is 1. The summed E-state index contributed by atoms with van der Waals surface area (Å²) in [6.07, 6.45) is 0. The first kappa shape index (κ1) is 19.6. The fourth-order valence-electron chi connectivity index (χ4n) is 6.21. The highest BCUT2D eigenvalue weighted by atomic mass is 32.1. The predicted octanol–water partition coefficient (Wildman–Crippen LogP) is 10.2. The molecule has 0 N–H and O–H groups in total. The van der Waals surface area contributed by atoms with Gasteiger partial charge in [-0.05, 0) is 62.6 Å². The Morgan fingerprint density at radius 1 is 0.514 bits per heavy atom. The molecule has 0 atom stereocenters. The van der Waals surface area contributed by atoms with Gasteiger partial charge in [-0.15, -0.1) is 11.3 Å². The van der Waals surface area contributed by atoms with E-state index >= 15 is 0 Å². The van der Waals surface area contributed by atoms with Crippen molar-refractivity contribution in [3.8, 4) is 5.69 Å². The molecule has 0 radical (unpaired) electrons. The molecule has 6 aromatic carbocycles. The predicted molar refractivity (Wildman–Crippen MR) is 158 cm³/mol. The maximum Gasteiger partial charge on any atom is 0.214 e. The third-order valence-electron chi connectivity index (χ3n) is 7.79. The van der Waals surface area contributed by atoms with E-state index in [4.69, 9.17) is 4.42 Å². The van der Waals surface area contributed by atoms with E-state index in [1.165, 1.54) is 63.4 Å². The molecule has 3 heterocycles. The molecule has 9 aromatic rings. The molecule has 3 heteroatoms. The topological polar surface area (TPSA) is 18.1 Å². The van der Waals surface area contributed by atoms with Crippen molar-refractivity contribution in [3.05, 3.63) is 115 Å². The summed E-state index contributed by atoms with van der Waals surface area (Å²) in [7, 11) is 0. The third kappa shape index (κ3) is 2.49. The quantitative estimate of drug-likeness (QED) is 0.210. The molecule has 172 valence electrons. The van der Waals surface area contributed by atoms with Crippen LogP contribution in [0.15, 0.2) is 120 Å². The van der Waals surface area contributed by atoms with Gasteiger partial charge in [-0.2, -0.15) is 0 Å². The number of hydrogen-bond acceptors (Lipinski definition) is 2. The van der Waals surface area contributed by atoms with E-state index in [-0.39, 0.29) is 0 Å². The molecule has 0 spiro atoms. The van der Waals surface area contributed by atoms with E-state index in [0.717, 1.165) is 17.0 Å². The Bertz CT molecular complexity index is 2330. The number of furan rings is 1. The Morgan fingerprint density at radius 3 is 1.81 bits per heavy atom. The zero-order valence-corrected chi connectivity index (χ0v) is 20.5. The minimum Gasteiger partial charge on any atom is -0.438 e. The van der Waals surface area contributed by atoms with E-state index in [1.54, 1.807) is 0 Å². The van der Waals surface area contributed by atoms with Crippen molar-refractivity contribution in [1.29, 1.82) is 0 Å². The second kappa shape index (κ2) is 7.00. The zero-order valence-electron chi connectivity index (χ0n) is 19.7. The van der Waals surface area contributed by atoms with Crippen molar-refractivity contribution >= 4 is 86.0 Å². The summed E-state index contributed by atoms with van der Waals surface area (Å²) in [5.74, 6) is 0. The molecular weight excluding hydrogens is 470 g/mol. The molecule has 3 aromatic heterocycles. The highest BCUT2D eigenvalue weighted by molar-refractivity contribution is 7.26. The van der Waals surface area contributed by atoms with Gasteiger partial charge in [0.25, 0.3) is 0 Å². The number of hydrogen-bond donors (Lipinski definition) is 0. The van der Waals surface area contributed by atoms with Crippen LogP contribution in [0.2, 0.25) is 0 Å². The van der Waals surface area contributed by atoms with Crippen LogP contribution in [0, 0.1) is 0 Å². The summed E-state index contributed by atoms with van der Waals surface area (Å²) < 4.78 is 11.5. The number of nitrogens with zero attached hydrogens (tertiary/aromatic N) is 1. The Morgan fingerprint density at radius 2 is 1.08 bits per heavy atom. The van der Waals surface area contributed by atoms with E-state index in [1.807, 2.05) is 11.3 Å². The van der Waals surface area contributed by atoms with E-state index in [0.29, 0.717) is 0 Å². The zero-order chi connectivity index (χ0) is 24.1. The van der Waals surface area contributed by atoms with Crippen molar-refractivity contribution in [1.82, 2.24) is 4.57 Å². The summed E-state index contributed by atoms with van der Waals surface area (Å²) in [4.78, 5) is 0. The van der Waals surface area contributed by atoms with Crippen molar-refractivity contribution in [2.75, 3.05) is 0 Å². The molecule has 9 rings (SSSR count). The lowest BCUT2D eigenvalue weighted by Gasteiger charge is -2.13. The fourth-order valence-corrected chi connectivity index (χ4v) is 7.39. The first-order valence-electron chi connectivity index (χ1n) is 12.5. The Labute approximate surface area is 215 Å². The maximum atomic E-state index is 6.72. The van der Waals surface area contributed by atoms with Crippen LogP contribution in [0.1, 0.15) is 0 Å². The van der Waals surface area contributed by atoms with Gasteiger partial charge in [0.2, 0.25) is 5.71 Å². The number of benzene rings is 6. The van der Waals surface area contributed by atoms with Gasteiger partial charge in [-0.1, -0.05) is 84.9 Å². The molecule has 0 amide bonds. The minimum atomic E-state index is 0.914. The number of thiophene rings is 1. The largest absolute Gasteiger partial charge is 0.438 e. The standard InChI is InChI=1S/C34H19NOS/c1-2-11-23-21(9-1)22-10-3-4-12-24(22)28-19-20(17-18-25(23)28)35-29-15-7-5-13-26(29)31-33-32(36-34(31)35)27-14-6-8-16-30(27)37-33/h1-19H. The molecule has 0 aliphatic carbocycles. The molecule has 0 unspecified atom stereocenters. The summed E-state index contributed by atoms with van der Waals surface area (Å²) >= 11 is 1.82. The highest BCUT2D eigenvalue weighted by Gasteiger charge is 2.22. The van der Waals surface area contributed by atoms with Crippen LogP contribution < -0.4 is 0 Å². The second-order valence-corrected chi connectivity index (χ2v) is 10.8. The van der Waals surface area contributed by atoms with Gasteiger partial charge in [-0.25, -0.2) is 0 Å². The van der Waals surface area contributed by atoms with Gasteiger partial charge in [0, 0.05) is 21.2 Å². The maximum absolute atomic E-state index is 6.72. The van der Waals surface area contributed by atoms with Crippen LogP contribution in [-0.2, 0) is 0 Å². The second-order valence-electron chi connectivity index (χ2n) is 9.71. The normalized spacial score (nSPS) is 12.3. The number of para-hydroxylation sites is 1. The first-order valence-corrected chi connectivity index (χ1v) is 13.4. The van der Waals surface area contributed by atoms with Crippen molar-refractivity contribution in [2.45, 2.75) is 0 Å². The lowest BCUT2D eigenvalue weighted by Crippen LogP contribution is -1.94. The summed E-state index contributed by atoms with van der Waals surface area (Å²) in [5, 5.41) is 11.3. The monoisotopic (exact) mass is 489 g/mol. The molecule has 37 heavy (non-hydrogen) atoms. The van der Waals surface area contributed by atoms with Crippen LogP contribution in [0.5, 0.6) is 0 Å². The van der Waals surface area contributed by atoms with Gasteiger partial charge in [0.1, 0.15) is 0 Å². The first-order chi connectivity index (χ1) is 18.4. The molecule has 2 nitrogen and oxygen atoms in total. The molecule has 0 fully saturated rings. The van der Waals surface area contributed by atoms with Crippen molar-refractivity contribution in [3.63, 3.8) is 0 Å². The summed E-state index contributed by atoms with van der Waals surface area (Å²) in [6, 6.07) is 41.5. The van der Waals surface area contributed by atoms with Gasteiger partial charge in [0.05, 0.1) is 15.6 Å². The lowest BCUT2D eigenvalue weighted by atomic mass is 9.94. The average molecular weight is 490 g/mol. The molecule has 0 saturated heterocycles. The van der Waals surface area contributed by atoms with E-state index < -0.39 is 0 Å². The number of fused-ring (bicyclic) bond motifs is 13. The number of rotatable bonds is 1. The SMILES string of the molecule is c1ccc2c(c1)sc1c2oc2c1c1ccccc1n2-c1ccc2c3ccccc3c3ccccc3c2c1. The fraction of sp³-hybridized carbons (Fsp3) is 0. The van der Waals surface area contributed by atoms with Crippen molar-refractivity contribution < 1.29 is 4.42 Å². The Hall–Kier alpha value is -4.60. The van der Waals surface area contributed by atoms with Crippen LogP contribution in [-0.4, -0.2) is 4.57 Å². The van der Waals surface area contributed by atoms with Crippen LogP contribution in [0.3, 0.4) is 0 Å². The van der Waals surface area contributed by atoms with Gasteiger partial charge in [-0.3, -0.25) is 4.57 Å². The van der Waals surface area contributed by atoms with Crippen LogP contribution in [0.25, 0.3) is 80.4 Å². The molecule has 0 saturated carbocycles. The van der Waals surface area contributed by atoms with Gasteiger partial charge in [0.15, 0.2) is 5.58 Å². The van der Waals surface area contributed by atoms with E-state index in [2.05, 4.69) is 120 Å². The highest BCUT2D eigenvalue weighted by Crippen LogP contribution is 2.46. The summed E-state index contributed by atoms with van der Waals surface area (Å²) in [6.45, 7) is 0.